The maximum Gasteiger partial charge on any atom is 0.220 e. The summed E-state index contributed by atoms with van der Waals surface area (Å²) in [6, 6.07) is 8.36. The Morgan fingerprint density at radius 3 is 2.58 bits per heavy atom. The van der Waals surface area contributed by atoms with Crippen LogP contribution in [0.4, 0.5) is 0 Å². The van der Waals surface area contributed by atoms with Crippen molar-refractivity contribution in [3.63, 3.8) is 0 Å². The first-order chi connectivity index (χ1) is 12.8. The zero-order chi connectivity index (χ0) is 18.2. The van der Waals surface area contributed by atoms with E-state index in [1.165, 1.54) is 31.2 Å². The summed E-state index contributed by atoms with van der Waals surface area (Å²) in [6.07, 6.45) is 6.97. The topological polar surface area (TPSA) is 50.8 Å². The number of hydrogen-bond acceptors (Lipinski definition) is 4. The van der Waals surface area contributed by atoms with Crippen LogP contribution in [0.3, 0.4) is 0 Å². The molecular formula is C21H32N2O3. The SMILES string of the molecule is COc1ccc(C(CNC(=O)CCC2CCCC2)N2CCOCC2)cc1. The predicted molar refractivity (Wildman–Crippen MR) is 102 cm³/mol. The lowest BCUT2D eigenvalue weighted by molar-refractivity contribution is -0.121. The fourth-order valence-electron chi connectivity index (χ4n) is 4.11. The molecule has 1 saturated carbocycles. The summed E-state index contributed by atoms with van der Waals surface area (Å²) < 4.78 is 10.8. The van der Waals surface area contributed by atoms with Crippen molar-refractivity contribution >= 4 is 5.91 Å². The number of hydrogen-bond donors (Lipinski definition) is 1. The largest absolute Gasteiger partial charge is 0.497 e. The van der Waals surface area contributed by atoms with Gasteiger partial charge in [-0.25, -0.2) is 0 Å². The van der Waals surface area contributed by atoms with E-state index in [0.717, 1.165) is 44.4 Å². The van der Waals surface area contributed by atoms with E-state index in [0.29, 0.717) is 13.0 Å². The Balaban J connectivity index is 1.56. The van der Waals surface area contributed by atoms with Gasteiger partial charge in [-0.2, -0.15) is 0 Å². The van der Waals surface area contributed by atoms with Crippen LogP contribution < -0.4 is 10.1 Å². The van der Waals surface area contributed by atoms with Gasteiger partial charge in [0, 0.05) is 26.1 Å². The quantitative estimate of drug-likeness (QED) is 0.774. The third-order valence-electron chi connectivity index (χ3n) is 5.73. The molecule has 1 aromatic rings. The summed E-state index contributed by atoms with van der Waals surface area (Å²) in [5.41, 5.74) is 1.21. The molecule has 2 fully saturated rings. The van der Waals surface area contributed by atoms with Gasteiger partial charge in [0.05, 0.1) is 26.4 Å². The smallest absolute Gasteiger partial charge is 0.220 e. The Labute approximate surface area is 157 Å². The molecule has 3 rings (SSSR count). The number of morpholine rings is 1. The van der Waals surface area contributed by atoms with Crippen molar-refractivity contribution in [2.45, 2.75) is 44.6 Å². The van der Waals surface area contributed by atoms with Gasteiger partial charge < -0.3 is 14.8 Å². The molecule has 1 aromatic carbocycles. The second-order valence-corrected chi connectivity index (χ2v) is 7.43. The lowest BCUT2D eigenvalue weighted by Crippen LogP contribution is -2.43. The molecule has 1 heterocycles. The molecule has 0 spiro atoms. The molecule has 1 unspecified atom stereocenters. The average molecular weight is 360 g/mol. The zero-order valence-electron chi connectivity index (χ0n) is 15.9. The number of carbonyl (C=O) groups is 1. The second-order valence-electron chi connectivity index (χ2n) is 7.43. The van der Waals surface area contributed by atoms with E-state index >= 15 is 0 Å². The van der Waals surface area contributed by atoms with Crippen molar-refractivity contribution in [3.05, 3.63) is 29.8 Å². The molecule has 0 bridgehead atoms. The van der Waals surface area contributed by atoms with Gasteiger partial charge in [0.25, 0.3) is 0 Å². The normalized spacial score (nSPS) is 20.0. The number of nitrogens with zero attached hydrogens (tertiary/aromatic N) is 1. The van der Waals surface area contributed by atoms with Crippen molar-refractivity contribution in [1.82, 2.24) is 10.2 Å². The molecule has 1 aliphatic carbocycles. The van der Waals surface area contributed by atoms with Crippen LogP contribution in [0.1, 0.15) is 50.1 Å². The number of ether oxygens (including phenoxy) is 2. The maximum atomic E-state index is 12.3. The van der Waals surface area contributed by atoms with Crippen LogP contribution in [0.5, 0.6) is 5.75 Å². The summed E-state index contributed by atoms with van der Waals surface area (Å²) in [7, 11) is 1.68. The minimum atomic E-state index is 0.181. The van der Waals surface area contributed by atoms with Gasteiger partial charge in [-0.1, -0.05) is 37.8 Å². The Bertz CT molecular complexity index is 549. The number of methoxy groups -OCH3 is 1. The van der Waals surface area contributed by atoms with Gasteiger partial charge in [-0.15, -0.1) is 0 Å². The average Bonchev–Trinajstić information content (AvgIpc) is 3.21. The van der Waals surface area contributed by atoms with E-state index in [1.807, 2.05) is 12.1 Å². The molecule has 0 radical (unpaired) electrons. The Morgan fingerprint density at radius 2 is 1.92 bits per heavy atom. The van der Waals surface area contributed by atoms with Gasteiger partial charge in [0.15, 0.2) is 0 Å². The fraction of sp³-hybridized carbons (Fsp3) is 0.667. The van der Waals surface area contributed by atoms with Crippen LogP contribution in [-0.2, 0) is 9.53 Å². The molecule has 1 aliphatic heterocycles. The van der Waals surface area contributed by atoms with Crippen LogP contribution in [0.2, 0.25) is 0 Å². The Hall–Kier alpha value is -1.59. The first-order valence-electron chi connectivity index (χ1n) is 9.98. The molecule has 2 aliphatic rings. The van der Waals surface area contributed by atoms with Crippen molar-refractivity contribution in [2.24, 2.45) is 5.92 Å². The van der Waals surface area contributed by atoms with Gasteiger partial charge in [0.1, 0.15) is 5.75 Å². The summed E-state index contributed by atoms with van der Waals surface area (Å²) in [5.74, 6) is 1.80. The zero-order valence-corrected chi connectivity index (χ0v) is 15.9. The number of rotatable bonds is 8. The fourth-order valence-corrected chi connectivity index (χ4v) is 4.11. The van der Waals surface area contributed by atoms with Crippen LogP contribution in [0.15, 0.2) is 24.3 Å². The van der Waals surface area contributed by atoms with Gasteiger partial charge in [-0.3, -0.25) is 9.69 Å². The van der Waals surface area contributed by atoms with E-state index in [2.05, 4.69) is 22.3 Å². The van der Waals surface area contributed by atoms with Crippen LogP contribution >= 0.6 is 0 Å². The Kier molecular flexibility index (Phi) is 7.32. The molecule has 5 heteroatoms. The molecule has 26 heavy (non-hydrogen) atoms. The molecule has 1 saturated heterocycles. The highest BCUT2D eigenvalue weighted by Gasteiger charge is 2.23. The van der Waals surface area contributed by atoms with Crippen LogP contribution in [0.25, 0.3) is 0 Å². The van der Waals surface area contributed by atoms with E-state index in [4.69, 9.17) is 9.47 Å². The van der Waals surface area contributed by atoms with E-state index in [-0.39, 0.29) is 11.9 Å². The van der Waals surface area contributed by atoms with Gasteiger partial charge >= 0.3 is 0 Å². The highest BCUT2D eigenvalue weighted by atomic mass is 16.5. The minimum Gasteiger partial charge on any atom is -0.497 e. The Morgan fingerprint density at radius 1 is 1.23 bits per heavy atom. The lowest BCUT2D eigenvalue weighted by atomic mass is 10.0. The summed E-state index contributed by atoms with van der Waals surface area (Å²) >= 11 is 0. The maximum absolute atomic E-state index is 12.3. The first kappa shape index (κ1) is 19.2. The summed E-state index contributed by atoms with van der Waals surface area (Å²) in [6.45, 7) is 3.95. The van der Waals surface area contributed by atoms with Gasteiger partial charge in [-0.05, 0) is 30.0 Å². The van der Waals surface area contributed by atoms with Gasteiger partial charge in [0.2, 0.25) is 5.91 Å². The third-order valence-corrected chi connectivity index (χ3v) is 5.73. The lowest BCUT2D eigenvalue weighted by Gasteiger charge is -2.35. The highest BCUT2D eigenvalue weighted by Crippen LogP contribution is 2.28. The van der Waals surface area contributed by atoms with Crippen molar-refractivity contribution in [2.75, 3.05) is 40.0 Å². The molecule has 1 N–H and O–H groups in total. The summed E-state index contributed by atoms with van der Waals surface area (Å²) in [4.78, 5) is 14.7. The minimum absolute atomic E-state index is 0.181. The number of carbonyl (C=O) groups excluding carboxylic acids is 1. The van der Waals surface area contributed by atoms with E-state index in [9.17, 15) is 4.79 Å². The predicted octanol–water partition coefficient (Wildman–Crippen LogP) is 3.16. The molecule has 0 aromatic heterocycles. The standard InChI is InChI=1S/C21H32N2O3/c1-25-19-9-7-18(8-10-19)20(23-12-14-26-15-13-23)16-22-21(24)11-6-17-4-2-3-5-17/h7-10,17,20H,2-6,11-16H2,1H3,(H,22,24). The molecule has 1 amide bonds. The number of benzene rings is 1. The second kappa shape index (κ2) is 9.93. The van der Waals surface area contributed by atoms with Crippen molar-refractivity contribution < 1.29 is 14.3 Å². The van der Waals surface area contributed by atoms with Crippen molar-refractivity contribution in [1.29, 1.82) is 0 Å². The van der Waals surface area contributed by atoms with Crippen molar-refractivity contribution in [3.8, 4) is 5.75 Å². The van der Waals surface area contributed by atoms with E-state index < -0.39 is 0 Å². The van der Waals surface area contributed by atoms with E-state index in [1.54, 1.807) is 7.11 Å². The molecular weight excluding hydrogens is 328 g/mol. The molecule has 1 atom stereocenters. The molecule has 5 nitrogen and oxygen atoms in total. The molecule has 144 valence electrons. The summed E-state index contributed by atoms with van der Waals surface area (Å²) in [5, 5.41) is 3.18. The third kappa shape index (κ3) is 5.45. The highest BCUT2D eigenvalue weighted by molar-refractivity contribution is 5.75. The van der Waals surface area contributed by atoms with Crippen LogP contribution in [-0.4, -0.2) is 50.8 Å². The number of amides is 1. The van der Waals surface area contributed by atoms with Crippen LogP contribution in [0, 0.1) is 5.92 Å². The monoisotopic (exact) mass is 360 g/mol. The first-order valence-corrected chi connectivity index (χ1v) is 9.98. The number of nitrogens with one attached hydrogen (secondary N) is 1.